The summed E-state index contributed by atoms with van der Waals surface area (Å²) < 4.78 is 28.5. The smallest absolute Gasteiger partial charge is 0.262 e. The van der Waals surface area contributed by atoms with Crippen LogP contribution in [-0.4, -0.2) is 41.3 Å². The van der Waals surface area contributed by atoms with E-state index in [4.69, 9.17) is 0 Å². The van der Waals surface area contributed by atoms with Crippen LogP contribution < -0.4 is 5.32 Å². The topological polar surface area (TPSA) is 84.3 Å². The quantitative estimate of drug-likeness (QED) is 0.885. The van der Waals surface area contributed by atoms with Gasteiger partial charge < -0.3 is 9.88 Å². The van der Waals surface area contributed by atoms with Crippen molar-refractivity contribution in [2.45, 2.75) is 31.7 Å². The zero-order valence-electron chi connectivity index (χ0n) is 15.3. The van der Waals surface area contributed by atoms with Gasteiger partial charge in [0.25, 0.3) is 10.0 Å². The highest BCUT2D eigenvalue weighted by atomic mass is 32.2. The van der Waals surface area contributed by atoms with Crippen molar-refractivity contribution in [3.8, 4) is 0 Å². The number of piperidine rings is 1. The van der Waals surface area contributed by atoms with Gasteiger partial charge in [0.05, 0.1) is 12.2 Å². The summed E-state index contributed by atoms with van der Waals surface area (Å²) in [6, 6.07) is 5.88. The predicted octanol–water partition coefficient (Wildman–Crippen LogP) is 2.08. The maximum atomic E-state index is 12.7. The van der Waals surface area contributed by atoms with Gasteiger partial charge in [0, 0.05) is 32.0 Å². The molecule has 0 spiro atoms. The lowest BCUT2D eigenvalue weighted by Gasteiger charge is -2.30. The molecule has 1 aromatic heterocycles. The van der Waals surface area contributed by atoms with Gasteiger partial charge in [0.15, 0.2) is 5.03 Å². The van der Waals surface area contributed by atoms with Crippen LogP contribution in [0.2, 0.25) is 0 Å². The normalized spacial score (nSPS) is 18.7. The Labute approximate surface area is 154 Å². The van der Waals surface area contributed by atoms with Crippen LogP contribution in [0.1, 0.15) is 24.0 Å². The largest absolute Gasteiger partial charge is 0.339 e. The predicted molar refractivity (Wildman–Crippen MR) is 99.2 cm³/mol. The van der Waals surface area contributed by atoms with E-state index >= 15 is 0 Å². The Kier molecular flexibility index (Phi) is 5.15. The maximum absolute atomic E-state index is 12.7. The third kappa shape index (κ3) is 3.81. The van der Waals surface area contributed by atoms with Crippen LogP contribution in [0.25, 0.3) is 0 Å². The van der Waals surface area contributed by atoms with E-state index in [1.807, 2.05) is 32.0 Å². The van der Waals surface area contributed by atoms with E-state index in [0.717, 1.165) is 16.8 Å². The number of nitrogens with zero attached hydrogens (tertiary/aromatic N) is 3. The number of carbonyl (C=O) groups excluding carboxylic acids is 1. The SMILES string of the molecule is Cc1ccc(C)c(NC(=O)[C@@H]2CCCN(S(=O)(=O)c3cn(C)cn3)C2)c1. The van der Waals surface area contributed by atoms with E-state index in [0.29, 0.717) is 19.4 Å². The Morgan fingerprint density at radius 3 is 2.77 bits per heavy atom. The van der Waals surface area contributed by atoms with Gasteiger partial charge in [-0.2, -0.15) is 4.31 Å². The molecule has 1 amide bonds. The van der Waals surface area contributed by atoms with Crippen molar-refractivity contribution in [1.82, 2.24) is 13.9 Å². The molecule has 2 heterocycles. The molecule has 1 saturated heterocycles. The van der Waals surface area contributed by atoms with Gasteiger partial charge in [-0.15, -0.1) is 0 Å². The molecule has 8 heteroatoms. The van der Waals surface area contributed by atoms with Crippen LogP contribution in [0.15, 0.2) is 35.7 Å². The first-order chi connectivity index (χ1) is 12.3. The van der Waals surface area contributed by atoms with Crippen LogP contribution >= 0.6 is 0 Å². The second kappa shape index (κ2) is 7.20. The Balaban J connectivity index is 1.74. The number of nitrogens with one attached hydrogen (secondary N) is 1. The fourth-order valence-corrected chi connectivity index (χ4v) is 4.62. The molecule has 1 atom stereocenters. The van der Waals surface area contributed by atoms with Gasteiger partial charge in [0.1, 0.15) is 0 Å². The Morgan fingerprint density at radius 1 is 1.31 bits per heavy atom. The van der Waals surface area contributed by atoms with Crippen LogP contribution in [0.3, 0.4) is 0 Å². The van der Waals surface area contributed by atoms with Crippen molar-refractivity contribution < 1.29 is 13.2 Å². The van der Waals surface area contributed by atoms with Crippen LogP contribution in [0, 0.1) is 19.8 Å². The molecule has 1 fully saturated rings. The second-order valence-electron chi connectivity index (χ2n) is 6.89. The number of carbonyl (C=O) groups is 1. The number of sulfonamides is 1. The summed E-state index contributed by atoms with van der Waals surface area (Å²) in [6.07, 6.45) is 4.26. The van der Waals surface area contributed by atoms with E-state index in [9.17, 15) is 13.2 Å². The highest BCUT2D eigenvalue weighted by Gasteiger charge is 2.34. The Morgan fingerprint density at radius 2 is 2.08 bits per heavy atom. The molecule has 1 aliphatic rings. The molecule has 0 bridgehead atoms. The van der Waals surface area contributed by atoms with E-state index in [1.165, 1.54) is 16.8 Å². The summed E-state index contributed by atoms with van der Waals surface area (Å²) in [4.78, 5) is 16.6. The van der Waals surface area contributed by atoms with Gasteiger partial charge >= 0.3 is 0 Å². The molecule has 1 aliphatic heterocycles. The number of benzene rings is 1. The summed E-state index contributed by atoms with van der Waals surface area (Å²) in [5.74, 6) is -0.512. The van der Waals surface area contributed by atoms with Crippen LogP contribution in [-0.2, 0) is 21.9 Å². The first-order valence-corrected chi connectivity index (χ1v) is 10.1. The molecule has 140 valence electrons. The number of aromatic nitrogens is 2. The highest BCUT2D eigenvalue weighted by molar-refractivity contribution is 7.89. The summed E-state index contributed by atoms with van der Waals surface area (Å²) in [5.41, 5.74) is 2.83. The molecule has 2 aromatic rings. The van der Waals surface area contributed by atoms with Crippen molar-refractivity contribution in [3.05, 3.63) is 41.9 Å². The van der Waals surface area contributed by atoms with Crippen molar-refractivity contribution in [1.29, 1.82) is 0 Å². The molecule has 7 nitrogen and oxygen atoms in total. The average Bonchev–Trinajstić information content (AvgIpc) is 3.05. The monoisotopic (exact) mass is 376 g/mol. The summed E-state index contributed by atoms with van der Waals surface area (Å²) in [7, 11) is -1.95. The third-order valence-electron chi connectivity index (χ3n) is 4.69. The van der Waals surface area contributed by atoms with Crippen molar-refractivity contribution in [2.24, 2.45) is 13.0 Å². The van der Waals surface area contributed by atoms with E-state index in [-0.39, 0.29) is 23.4 Å². The number of imidazole rings is 1. The standard InChI is InChI=1S/C18H24N4O3S/c1-13-6-7-14(2)16(9-13)20-18(23)15-5-4-8-22(10-15)26(24,25)17-11-21(3)12-19-17/h6-7,9,11-12,15H,4-5,8,10H2,1-3H3,(H,20,23)/t15-/m1/s1. The second-order valence-corrected chi connectivity index (χ2v) is 8.77. The van der Waals surface area contributed by atoms with Gasteiger partial charge in [-0.05, 0) is 43.9 Å². The fraction of sp³-hybridized carbons (Fsp3) is 0.444. The van der Waals surface area contributed by atoms with Gasteiger partial charge in [-0.3, -0.25) is 4.79 Å². The van der Waals surface area contributed by atoms with Crippen LogP contribution in [0.4, 0.5) is 5.69 Å². The first kappa shape index (κ1) is 18.6. The number of hydrogen-bond donors (Lipinski definition) is 1. The molecule has 0 unspecified atom stereocenters. The van der Waals surface area contributed by atoms with Crippen molar-refractivity contribution >= 4 is 21.6 Å². The molecular weight excluding hydrogens is 352 g/mol. The van der Waals surface area contributed by atoms with Gasteiger partial charge in [-0.1, -0.05) is 12.1 Å². The van der Waals surface area contributed by atoms with E-state index < -0.39 is 10.0 Å². The molecular formula is C18H24N4O3S. The number of amides is 1. The summed E-state index contributed by atoms with van der Waals surface area (Å²) in [5, 5.41) is 2.98. The first-order valence-electron chi connectivity index (χ1n) is 8.63. The lowest BCUT2D eigenvalue weighted by Crippen LogP contribution is -2.43. The molecule has 3 rings (SSSR count). The van der Waals surface area contributed by atoms with Crippen molar-refractivity contribution in [2.75, 3.05) is 18.4 Å². The lowest BCUT2D eigenvalue weighted by atomic mass is 9.98. The lowest BCUT2D eigenvalue weighted by molar-refractivity contribution is -0.120. The molecule has 0 aliphatic carbocycles. The minimum absolute atomic E-state index is 0.0237. The number of hydrogen-bond acceptors (Lipinski definition) is 4. The van der Waals surface area contributed by atoms with Gasteiger partial charge in [0.2, 0.25) is 5.91 Å². The highest BCUT2D eigenvalue weighted by Crippen LogP contribution is 2.25. The Hall–Kier alpha value is -2.19. The molecule has 1 aromatic carbocycles. The summed E-state index contributed by atoms with van der Waals surface area (Å²) in [6.45, 7) is 4.49. The van der Waals surface area contributed by atoms with Crippen molar-refractivity contribution in [3.63, 3.8) is 0 Å². The maximum Gasteiger partial charge on any atom is 0.262 e. The summed E-state index contributed by atoms with van der Waals surface area (Å²) >= 11 is 0. The van der Waals surface area contributed by atoms with Crippen LogP contribution in [0.5, 0.6) is 0 Å². The third-order valence-corrected chi connectivity index (χ3v) is 6.44. The number of aryl methyl sites for hydroxylation is 3. The van der Waals surface area contributed by atoms with E-state index in [1.54, 1.807) is 11.6 Å². The van der Waals surface area contributed by atoms with E-state index in [2.05, 4.69) is 10.3 Å². The molecule has 0 radical (unpaired) electrons. The minimum atomic E-state index is -3.67. The number of rotatable bonds is 4. The number of anilines is 1. The zero-order valence-corrected chi connectivity index (χ0v) is 16.1. The average molecular weight is 376 g/mol. The molecule has 1 N–H and O–H groups in total. The molecule has 26 heavy (non-hydrogen) atoms. The molecule has 0 saturated carbocycles. The van der Waals surface area contributed by atoms with Gasteiger partial charge in [-0.25, -0.2) is 13.4 Å². The Bertz CT molecular complexity index is 920. The zero-order chi connectivity index (χ0) is 18.9. The minimum Gasteiger partial charge on any atom is -0.339 e. The fourth-order valence-electron chi connectivity index (χ4n) is 3.13.